The molecule has 0 N–H and O–H groups in total. The first-order valence-electron chi connectivity index (χ1n) is 1.94. The van der Waals surface area contributed by atoms with Crippen LogP contribution in [-0.2, 0) is 9.53 Å². The van der Waals surface area contributed by atoms with Crippen LogP contribution in [0.15, 0.2) is 0 Å². The number of carbonyl (C=O) groups is 1. The summed E-state index contributed by atoms with van der Waals surface area (Å²) in [7, 11) is 1.34. The van der Waals surface area contributed by atoms with Crippen molar-refractivity contribution >= 4 is 42.5 Å². The van der Waals surface area contributed by atoms with E-state index in [-0.39, 0.29) is 35.1 Å². The summed E-state index contributed by atoms with van der Waals surface area (Å²) in [5.41, 5.74) is 0. The van der Waals surface area contributed by atoms with Crippen LogP contribution >= 0.6 is 12.6 Å². The third-order valence-electron chi connectivity index (χ3n) is 0.542. The molecule has 0 heterocycles. The van der Waals surface area contributed by atoms with Crippen molar-refractivity contribution in [1.82, 2.24) is 0 Å². The summed E-state index contributed by atoms with van der Waals surface area (Å²) in [6.07, 6.45) is 0. The van der Waals surface area contributed by atoms with Gasteiger partial charge < -0.3 is 4.74 Å². The topological polar surface area (TPSA) is 26.3 Å². The van der Waals surface area contributed by atoms with E-state index in [9.17, 15) is 4.79 Å². The molecule has 0 aliphatic rings. The number of esters is 1. The molecule has 0 radical (unpaired) electrons. The average Bonchev–Trinajstić information content (AvgIpc) is 1.65. The van der Waals surface area contributed by atoms with Crippen LogP contribution in [0, 0.1) is 0 Å². The summed E-state index contributed by atoms with van der Waals surface area (Å²) < 4.78 is 4.30. The molecule has 0 rings (SSSR count). The molecule has 0 aliphatic heterocycles. The van der Waals surface area contributed by atoms with Crippen LogP contribution in [-0.4, -0.2) is 42.2 Å². The van der Waals surface area contributed by atoms with Gasteiger partial charge in [-0.25, -0.2) is 0 Å². The number of carbonyl (C=O) groups excluding carboxylic acids is 1. The van der Waals surface area contributed by atoms with E-state index in [0.717, 1.165) is 0 Å². The Morgan fingerprint density at radius 3 is 2.12 bits per heavy atom. The van der Waals surface area contributed by atoms with Crippen LogP contribution in [0.2, 0.25) is 0 Å². The van der Waals surface area contributed by atoms with Gasteiger partial charge in [-0.15, -0.1) is 0 Å². The van der Waals surface area contributed by atoms with Crippen molar-refractivity contribution in [2.75, 3.05) is 7.11 Å². The fourth-order valence-corrected chi connectivity index (χ4v) is 0.276. The van der Waals surface area contributed by atoms with Crippen molar-refractivity contribution < 1.29 is 9.53 Å². The molecule has 0 saturated carbocycles. The van der Waals surface area contributed by atoms with E-state index >= 15 is 0 Å². The van der Waals surface area contributed by atoms with Crippen molar-refractivity contribution in [2.24, 2.45) is 0 Å². The number of ether oxygens (including phenoxy) is 1. The van der Waals surface area contributed by atoms with Crippen LogP contribution < -0.4 is 0 Å². The molecule has 50 valence electrons. The Balaban J connectivity index is 0. The van der Waals surface area contributed by atoms with E-state index in [1.54, 1.807) is 6.92 Å². The van der Waals surface area contributed by atoms with Crippen LogP contribution in [0.4, 0.5) is 0 Å². The molecule has 0 aliphatic carbocycles. The van der Waals surface area contributed by atoms with Crippen LogP contribution in [0.3, 0.4) is 0 Å². The maximum atomic E-state index is 10.2. The summed E-state index contributed by atoms with van der Waals surface area (Å²) in [5, 5.41) is -0.301. The second kappa shape index (κ2) is 5.75. The summed E-state index contributed by atoms with van der Waals surface area (Å²) in [6.45, 7) is 1.66. The Bertz CT molecular complexity index is 74.4. The van der Waals surface area contributed by atoms with E-state index in [1.807, 2.05) is 0 Å². The predicted octanol–water partition coefficient (Wildman–Crippen LogP) is -0.974. The first-order chi connectivity index (χ1) is 3.18. The number of thiol groups is 1. The van der Waals surface area contributed by atoms with Crippen molar-refractivity contribution in [3.63, 3.8) is 0 Å². The van der Waals surface area contributed by atoms with Crippen molar-refractivity contribution in [3.8, 4) is 0 Å². The van der Waals surface area contributed by atoms with Crippen LogP contribution in [0.25, 0.3) is 0 Å². The van der Waals surface area contributed by atoms with Crippen LogP contribution in [0.1, 0.15) is 6.92 Å². The van der Waals surface area contributed by atoms with E-state index in [2.05, 4.69) is 17.4 Å². The molecule has 0 aromatic rings. The van der Waals surface area contributed by atoms with E-state index in [0.29, 0.717) is 0 Å². The van der Waals surface area contributed by atoms with E-state index in [4.69, 9.17) is 0 Å². The molecule has 0 aromatic carbocycles. The SMILES string of the molecule is COC(=O)C(C)S.[SnH4]. The van der Waals surface area contributed by atoms with Crippen molar-refractivity contribution in [1.29, 1.82) is 0 Å². The molecular formula is C4H12O2SSn. The maximum absolute atomic E-state index is 10.2. The molecule has 0 aromatic heterocycles. The normalized spacial score (nSPS) is 11.4. The fraction of sp³-hybridized carbons (Fsp3) is 0.750. The molecule has 0 spiro atoms. The van der Waals surface area contributed by atoms with Gasteiger partial charge in [0.15, 0.2) is 0 Å². The zero-order valence-electron chi connectivity index (χ0n) is 4.34. The zero-order chi connectivity index (χ0) is 5.86. The summed E-state index contributed by atoms with van der Waals surface area (Å²) in [5.74, 6) is -0.289. The molecule has 8 heavy (non-hydrogen) atoms. The van der Waals surface area contributed by atoms with Gasteiger partial charge in [-0.05, 0) is 6.92 Å². The number of hydrogen-bond donors (Lipinski definition) is 1. The van der Waals surface area contributed by atoms with Gasteiger partial charge in [-0.1, -0.05) is 0 Å². The third kappa shape index (κ3) is 4.77. The Hall–Kier alpha value is 0.619. The Kier molecular flexibility index (Phi) is 8.21. The Morgan fingerprint density at radius 2 is 2.12 bits per heavy atom. The fourth-order valence-electron chi connectivity index (χ4n) is 0.171. The van der Waals surface area contributed by atoms with E-state index < -0.39 is 0 Å². The van der Waals surface area contributed by atoms with Crippen molar-refractivity contribution in [3.05, 3.63) is 0 Å². The van der Waals surface area contributed by atoms with Gasteiger partial charge in [-0.3, -0.25) is 4.79 Å². The minimum atomic E-state index is -0.301. The predicted molar refractivity (Wildman–Crippen MR) is 41.8 cm³/mol. The number of hydrogen-bond acceptors (Lipinski definition) is 3. The standard InChI is InChI=1S/C4H8O2S.Sn.4H/c1-3(7)4(5)6-2;;;;;/h3,7H,1-2H3;;;;;. The Labute approximate surface area is 71.3 Å². The van der Waals surface area contributed by atoms with Gasteiger partial charge in [0.05, 0.1) is 12.4 Å². The van der Waals surface area contributed by atoms with Gasteiger partial charge in [-0.2, -0.15) is 12.6 Å². The van der Waals surface area contributed by atoms with Gasteiger partial charge in [0.1, 0.15) is 0 Å². The van der Waals surface area contributed by atoms with Crippen LogP contribution in [0.5, 0.6) is 0 Å². The molecule has 1 atom stereocenters. The van der Waals surface area contributed by atoms with Gasteiger partial charge in [0.25, 0.3) is 0 Å². The minimum absolute atomic E-state index is 0. The molecule has 2 nitrogen and oxygen atoms in total. The summed E-state index contributed by atoms with van der Waals surface area (Å²) in [6, 6.07) is 0. The molecule has 0 bridgehead atoms. The molecule has 0 saturated heterocycles. The first-order valence-corrected chi connectivity index (χ1v) is 2.46. The zero-order valence-corrected chi connectivity index (χ0v) is 5.24. The number of rotatable bonds is 1. The second-order valence-electron chi connectivity index (χ2n) is 1.20. The monoisotopic (exact) mass is 244 g/mol. The number of methoxy groups -OCH3 is 1. The summed E-state index contributed by atoms with van der Waals surface area (Å²) >= 11 is 3.80. The van der Waals surface area contributed by atoms with Gasteiger partial charge in [0, 0.05) is 0 Å². The van der Waals surface area contributed by atoms with Gasteiger partial charge >= 0.3 is 29.9 Å². The first kappa shape index (κ1) is 11.4. The summed E-state index contributed by atoms with van der Waals surface area (Å²) in [4.78, 5) is 10.2. The second-order valence-corrected chi connectivity index (χ2v) is 1.97. The van der Waals surface area contributed by atoms with Gasteiger partial charge in [0.2, 0.25) is 0 Å². The van der Waals surface area contributed by atoms with Crippen molar-refractivity contribution in [2.45, 2.75) is 12.2 Å². The van der Waals surface area contributed by atoms with E-state index in [1.165, 1.54) is 7.11 Å². The molecule has 4 heteroatoms. The molecule has 1 unspecified atom stereocenters. The molecular weight excluding hydrogens is 231 g/mol. The molecule has 0 fully saturated rings. The quantitative estimate of drug-likeness (QED) is 0.364. The average molecular weight is 243 g/mol. The Morgan fingerprint density at radius 1 is 1.75 bits per heavy atom. The third-order valence-corrected chi connectivity index (χ3v) is 0.753. The molecule has 0 amide bonds.